The van der Waals surface area contributed by atoms with Gasteiger partial charge in [-0.25, -0.2) is 0 Å². The molecule has 2 aliphatic heterocycles. The molecule has 1 aliphatic carbocycles. The molecule has 0 aromatic heterocycles. The molecule has 0 saturated heterocycles. The molecular weight excluding hydrogens is 673 g/mol. The normalized spacial score (nSPS) is 17.3. The average molecular weight is 712 g/mol. The second kappa shape index (κ2) is 11.4. The van der Waals surface area contributed by atoms with Gasteiger partial charge >= 0.3 is 0 Å². The number of carbonyl (C=O) groups is 1. The third-order valence-electron chi connectivity index (χ3n) is 11.6. The van der Waals surface area contributed by atoms with Gasteiger partial charge in [0.25, 0.3) is 0 Å². The van der Waals surface area contributed by atoms with Crippen molar-refractivity contribution in [3.63, 3.8) is 0 Å². The van der Waals surface area contributed by atoms with Crippen LogP contribution in [0.2, 0.25) is 0 Å². The number of benzene rings is 6. The van der Waals surface area contributed by atoms with Crippen molar-refractivity contribution in [3.8, 4) is 23.0 Å². The first kappa shape index (κ1) is 33.3. The van der Waals surface area contributed by atoms with E-state index in [1.807, 2.05) is 146 Å². The zero-order valence-corrected chi connectivity index (χ0v) is 30.6. The molecule has 0 bridgehead atoms. The Hall–Kier alpha value is -6.60. The fourth-order valence-electron chi connectivity index (χ4n) is 9.12. The Kier molecular flexibility index (Phi) is 7.05. The molecule has 6 aromatic carbocycles. The lowest BCUT2D eigenvalue weighted by Crippen LogP contribution is -2.41. The van der Waals surface area contributed by atoms with E-state index in [0.29, 0.717) is 27.7 Å². The van der Waals surface area contributed by atoms with Crippen molar-refractivity contribution in [2.45, 2.75) is 45.4 Å². The lowest BCUT2D eigenvalue weighted by molar-refractivity contribution is -0.109. The maximum Gasteiger partial charge on any atom is 0.223 e. The van der Waals surface area contributed by atoms with Crippen LogP contribution in [0.4, 0.5) is 28.4 Å². The fourth-order valence-corrected chi connectivity index (χ4v) is 9.12. The molecule has 0 amide bonds. The van der Waals surface area contributed by atoms with Crippen LogP contribution in [0.1, 0.15) is 62.4 Å². The molecular formula is C47H39N2O5+. The van der Waals surface area contributed by atoms with Gasteiger partial charge in [-0.15, -0.1) is 0 Å². The highest BCUT2D eigenvalue weighted by Gasteiger charge is 2.46. The summed E-state index contributed by atoms with van der Waals surface area (Å²) < 4.78 is 2.02. The minimum absolute atomic E-state index is 0.0296. The standard InChI is InChI=1S/C47H38N2O5/c1-26-37(39-35(50)24-33-41(44(39)53)46(2,3)29-20-12-14-22-31(29)48(33)27-16-8-6-9-17-27)43(52)38(26)40-36(51)25-34-42(45(40)54)47(4,5)30-21-13-15-23-32(30)49(34)28-18-10-7-11-19-28/h6-25H,1-5H3,(H3,50,51,53,54)/p+1. The predicted molar refractivity (Wildman–Crippen MR) is 212 cm³/mol. The van der Waals surface area contributed by atoms with Gasteiger partial charge in [-0.3, -0.25) is 4.79 Å². The maximum absolute atomic E-state index is 14.4. The van der Waals surface area contributed by atoms with E-state index in [4.69, 9.17) is 0 Å². The van der Waals surface area contributed by atoms with Crippen LogP contribution in [0.25, 0.3) is 11.1 Å². The van der Waals surface area contributed by atoms with Gasteiger partial charge in [0, 0.05) is 63.1 Å². The van der Waals surface area contributed by atoms with E-state index in [1.54, 1.807) is 19.1 Å². The second-order valence-electron chi connectivity index (χ2n) is 15.4. The molecule has 54 heavy (non-hydrogen) atoms. The predicted octanol–water partition coefficient (Wildman–Crippen LogP) is 8.62. The number of hydrogen-bond donors (Lipinski definition) is 4. The number of rotatable bonds is 3. The third-order valence-corrected chi connectivity index (χ3v) is 11.6. The molecule has 0 saturated carbocycles. The van der Waals surface area contributed by atoms with Crippen molar-refractivity contribution in [1.82, 2.24) is 4.58 Å². The number of allylic oxidation sites excluding steroid dienone is 2. The van der Waals surface area contributed by atoms with E-state index in [0.717, 1.165) is 33.9 Å². The van der Waals surface area contributed by atoms with Crippen molar-refractivity contribution < 1.29 is 25.2 Å². The van der Waals surface area contributed by atoms with Gasteiger partial charge in [-0.1, -0.05) is 100 Å². The minimum Gasteiger partial charge on any atom is -0.507 e. The topological polar surface area (TPSA) is 104 Å². The molecule has 7 heteroatoms. The summed E-state index contributed by atoms with van der Waals surface area (Å²) in [5.74, 6) is -1.38. The number of para-hydroxylation sites is 4. The number of carbonyl (C=O) groups excluding carboxylic acids is 1. The van der Waals surface area contributed by atoms with Gasteiger partial charge in [0.15, 0.2) is 5.78 Å². The molecule has 0 fully saturated rings. The van der Waals surface area contributed by atoms with Crippen LogP contribution in [0.15, 0.2) is 127 Å². The van der Waals surface area contributed by atoms with E-state index in [1.165, 1.54) is 0 Å². The highest BCUT2D eigenvalue weighted by Crippen LogP contribution is 2.59. The Morgan fingerprint density at radius 2 is 1.19 bits per heavy atom. The van der Waals surface area contributed by atoms with Gasteiger partial charge in [-0.05, 0) is 36.3 Å². The second-order valence-corrected chi connectivity index (χ2v) is 15.4. The third kappa shape index (κ3) is 4.35. The van der Waals surface area contributed by atoms with Crippen LogP contribution in [0.5, 0.6) is 23.0 Å². The van der Waals surface area contributed by atoms with Crippen LogP contribution in [-0.2, 0) is 15.6 Å². The monoisotopic (exact) mass is 711 g/mol. The number of hydrogen-bond acceptors (Lipinski definition) is 6. The summed E-state index contributed by atoms with van der Waals surface area (Å²) in [7, 11) is 0. The van der Waals surface area contributed by atoms with Crippen molar-refractivity contribution in [1.29, 1.82) is 0 Å². The number of aromatic hydroxyl groups is 4. The average Bonchev–Trinajstić information content (AvgIpc) is 3.15. The van der Waals surface area contributed by atoms with Crippen molar-refractivity contribution in [2.24, 2.45) is 0 Å². The van der Waals surface area contributed by atoms with Gasteiger partial charge < -0.3 is 25.3 Å². The number of phenolic OH excluding ortho intramolecular Hbond substituents is 4. The number of phenols is 4. The molecule has 0 atom stereocenters. The van der Waals surface area contributed by atoms with E-state index in [2.05, 4.69) is 0 Å². The van der Waals surface area contributed by atoms with Crippen molar-refractivity contribution >= 4 is 45.4 Å². The number of anilines is 3. The first-order valence-electron chi connectivity index (χ1n) is 18.1. The first-order chi connectivity index (χ1) is 25.9. The van der Waals surface area contributed by atoms with Crippen LogP contribution in [0, 0.1) is 0 Å². The highest BCUT2D eigenvalue weighted by molar-refractivity contribution is 6.53. The first-order valence-corrected chi connectivity index (χ1v) is 18.1. The zero-order chi connectivity index (χ0) is 37.8. The summed E-state index contributed by atoms with van der Waals surface area (Å²) >= 11 is 0. The quantitative estimate of drug-likeness (QED) is 0.137. The molecule has 3 aliphatic rings. The zero-order valence-electron chi connectivity index (χ0n) is 30.6. The molecule has 266 valence electrons. The Morgan fingerprint density at radius 3 is 1.87 bits per heavy atom. The molecule has 6 aromatic rings. The molecule has 7 nitrogen and oxygen atoms in total. The molecule has 9 rings (SSSR count). The van der Waals surface area contributed by atoms with E-state index < -0.39 is 16.6 Å². The molecule has 0 unspecified atom stereocenters. The van der Waals surface area contributed by atoms with Gasteiger partial charge in [-0.2, -0.15) is 4.58 Å². The SMILES string of the molecule is CC1=C(c2c(O)cc3c(c2O)C(C)(C)c2ccccc2N3c2ccccc2)C(=O)/C1=c1\c(O)cc2c(c1O)C(C)(C)c1ccccc1[N+]=2c1ccccc1. The largest absolute Gasteiger partial charge is 0.507 e. The van der Waals surface area contributed by atoms with Crippen molar-refractivity contribution in [3.05, 3.63) is 165 Å². The fraction of sp³-hybridized carbons (Fsp3) is 0.149. The summed E-state index contributed by atoms with van der Waals surface area (Å²) in [6.45, 7) is 9.82. The summed E-state index contributed by atoms with van der Waals surface area (Å²) in [6, 6.07) is 38.7. The van der Waals surface area contributed by atoms with Crippen LogP contribution in [0.3, 0.4) is 0 Å². The molecule has 0 radical (unpaired) electrons. The van der Waals surface area contributed by atoms with Crippen LogP contribution in [-0.4, -0.2) is 26.2 Å². The Morgan fingerprint density at radius 1 is 0.593 bits per heavy atom. The summed E-state index contributed by atoms with van der Waals surface area (Å²) in [5.41, 5.74) is 6.58. The highest BCUT2D eigenvalue weighted by atomic mass is 16.3. The van der Waals surface area contributed by atoms with Crippen LogP contribution < -0.4 is 20.1 Å². The van der Waals surface area contributed by atoms with Crippen molar-refractivity contribution in [2.75, 3.05) is 4.90 Å². The van der Waals surface area contributed by atoms with E-state index in [9.17, 15) is 25.2 Å². The molecule has 0 spiro atoms. The number of fused-ring (bicyclic) bond motifs is 4. The van der Waals surface area contributed by atoms with Gasteiger partial charge in [0.2, 0.25) is 16.7 Å². The smallest absolute Gasteiger partial charge is 0.223 e. The van der Waals surface area contributed by atoms with E-state index >= 15 is 0 Å². The minimum atomic E-state index is -0.709. The Balaban J connectivity index is 1.30. The van der Waals surface area contributed by atoms with E-state index in [-0.39, 0.29) is 44.9 Å². The Labute approximate surface area is 313 Å². The van der Waals surface area contributed by atoms with Gasteiger partial charge in [0.1, 0.15) is 23.0 Å². The summed E-state index contributed by atoms with van der Waals surface area (Å²) in [4.78, 5) is 16.5. The Bertz CT molecular complexity index is 2780. The lowest BCUT2D eigenvalue weighted by atomic mass is 9.70. The molecule has 4 N–H and O–H groups in total. The lowest BCUT2D eigenvalue weighted by Gasteiger charge is -2.43. The molecule has 2 heterocycles. The number of ketones is 1. The number of Topliss-reactive ketones (excluding diaryl/α,β-unsaturated/α-hetero) is 1. The summed E-state index contributed by atoms with van der Waals surface area (Å²) in [5, 5.41) is 48.6. The maximum atomic E-state index is 14.4. The number of nitrogens with zero attached hydrogens (tertiary/aromatic N) is 2. The van der Waals surface area contributed by atoms with Crippen LogP contribution >= 0.6 is 0 Å². The van der Waals surface area contributed by atoms with Gasteiger partial charge in [0.05, 0.1) is 33.8 Å². The summed E-state index contributed by atoms with van der Waals surface area (Å²) in [6.07, 6.45) is 0.